The van der Waals surface area contributed by atoms with Gasteiger partial charge in [0.25, 0.3) is 0 Å². The van der Waals surface area contributed by atoms with E-state index in [2.05, 4.69) is 10.4 Å². The van der Waals surface area contributed by atoms with E-state index in [0.717, 1.165) is 5.56 Å². The molecule has 1 atom stereocenters. The molecule has 11 heteroatoms. The number of carbonyl (C=O) groups excluding carboxylic acids is 1. The van der Waals surface area contributed by atoms with Crippen molar-refractivity contribution < 1.29 is 22.3 Å². The number of ether oxygens (including phenoxy) is 1. The zero-order valence-electron chi connectivity index (χ0n) is 20.6. The predicted octanol–water partition coefficient (Wildman–Crippen LogP) is 6.64. The standard InChI is InChI=1S/C28H22Cl2FN3O4S/c1-17(19-5-3-2-4-6-19)32-28(35)38-27-23-16-39(36,37)15-20(13-18-7-10-22(31)11-8-18)26(23)34(33-27)25-12-9-21(29)14-24(25)30/h2-14,17H,15-16H2,1H3,(H,32,35)/b20-13+/t17-/m1/s1. The summed E-state index contributed by atoms with van der Waals surface area (Å²) < 4.78 is 46.5. The van der Waals surface area contributed by atoms with E-state index in [4.69, 9.17) is 27.9 Å². The zero-order valence-corrected chi connectivity index (χ0v) is 22.9. The van der Waals surface area contributed by atoms with Crippen LogP contribution in [-0.2, 0) is 15.6 Å². The van der Waals surface area contributed by atoms with E-state index in [1.165, 1.54) is 35.0 Å². The van der Waals surface area contributed by atoms with Gasteiger partial charge in [0, 0.05) is 5.02 Å². The smallest absolute Gasteiger partial charge is 0.389 e. The van der Waals surface area contributed by atoms with E-state index >= 15 is 0 Å². The molecule has 0 unspecified atom stereocenters. The molecule has 200 valence electrons. The molecule has 0 spiro atoms. The van der Waals surface area contributed by atoms with Gasteiger partial charge in [0.2, 0.25) is 5.88 Å². The molecule has 1 aliphatic heterocycles. The van der Waals surface area contributed by atoms with Crippen LogP contribution >= 0.6 is 23.2 Å². The van der Waals surface area contributed by atoms with Gasteiger partial charge in [0.1, 0.15) is 5.82 Å². The fourth-order valence-corrected chi connectivity index (χ4v) is 6.35. The maximum Gasteiger partial charge on any atom is 0.414 e. The van der Waals surface area contributed by atoms with E-state index in [0.29, 0.717) is 27.5 Å². The van der Waals surface area contributed by atoms with Crippen LogP contribution < -0.4 is 10.1 Å². The highest BCUT2D eigenvalue weighted by molar-refractivity contribution is 7.91. The van der Waals surface area contributed by atoms with Gasteiger partial charge in [0.05, 0.1) is 39.5 Å². The monoisotopic (exact) mass is 585 g/mol. The summed E-state index contributed by atoms with van der Waals surface area (Å²) in [5, 5.41) is 7.89. The molecule has 1 N–H and O–H groups in total. The van der Waals surface area contributed by atoms with Crippen LogP contribution in [0.4, 0.5) is 9.18 Å². The van der Waals surface area contributed by atoms with E-state index in [-0.39, 0.29) is 28.3 Å². The number of sulfone groups is 1. The maximum absolute atomic E-state index is 13.5. The molecule has 0 saturated heterocycles. The molecule has 3 aromatic carbocycles. The van der Waals surface area contributed by atoms with Crippen molar-refractivity contribution in [1.29, 1.82) is 0 Å². The summed E-state index contributed by atoms with van der Waals surface area (Å²) in [5.41, 5.74) is 2.87. The van der Waals surface area contributed by atoms with Crippen LogP contribution in [0.2, 0.25) is 10.0 Å². The molecule has 1 aromatic heterocycles. The van der Waals surface area contributed by atoms with Gasteiger partial charge in [-0.3, -0.25) is 0 Å². The number of aromatic nitrogens is 2. The summed E-state index contributed by atoms with van der Waals surface area (Å²) >= 11 is 12.6. The molecule has 7 nitrogen and oxygen atoms in total. The Labute approximate surface area is 234 Å². The lowest BCUT2D eigenvalue weighted by atomic mass is 10.1. The topological polar surface area (TPSA) is 90.3 Å². The average Bonchev–Trinajstić information content (AvgIpc) is 3.22. The number of benzene rings is 3. The number of nitrogens with zero attached hydrogens (tertiary/aromatic N) is 2. The Morgan fingerprint density at radius 1 is 1.08 bits per heavy atom. The van der Waals surface area contributed by atoms with Crippen molar-refractivity contribution in [3.8, 4) is 11.6 Å². The van der Waals surface area contributed by atoms with E-state index in [1.807, 2.05) is 30.3 Å². The summed E-state index contributed by atoms with van der Waals surface area (Å²) in [7, 11) is -3.65. The molecular weight excluding hydrogens is 564 g/mol. The Balaban J connectivity index is 1.60. The van der Waals surface area contributed by atoms with Crippen molar-refractivity contribution in [2.75, 3.05) is 5.75 Å². The number of fused-ring (bicyclic) bond motifs is 1. The van der Waals surface area contributed by atoms with Gasteiger partial charge in [-0.2, -0.15) is 0 Å². The second kappa shape index (κ2) is 10.8. The highest BCUT2D eigenvalue weighted by atomic mass is 35.5. The third-order valence-electron chi connectivity index (χ3n) is 6.16. The van der Waals surface area contributed by atoms with Crippen LogP contribution in [0.1, 0.15) is 35.3 Å². The van der Waals surface area contributed by atoms with Crippen LogP contribution in [0.3, 0.4) is 0 Å². The molecule has 0 saturated carbocycles. The second-order valence-electron chi connectivity index (χ2n) is 9.06. The molecule has 0 radical (unpaired) electrons. The maximum atomic E-state index is 13.5. The largest absolute Gasteiger partial charge is 0.414 e. The normalized spacial score (nSPS) is 15.9. The lowest BCUT2D eigenvalue weighted by molar-refractivity contribution is 0.194. The molecule has 1 aliphatic rings. The Kier molecular flexibility index (Phi) is 7.48. The Bertz CT molecular complexity index is 1690. The van der Waals surface area contributed by atoms with Crippen molar-refractivity contribution >= 4 is 50.8 Å². The summed E-state index contributed by atoms with van der Waals surface area (Å²) in [5.74, 6) is -1.28. The van der Waals surface area contributed by atoms with Gasteiger partial charge in [-0.25, -0.2) is 22.3 Å². The molecule has 2 heterocycles. The van der Waals surface area contributed by atoms with Crippen LogP contribution in [0.5, 0.6) is 5.88 Å². The molecule has 0 aliphatic carbocycles. The van der Waals surface area contributed by atoms with E-state index in [9.17, 15) is 17.6 Å². The summed E-state index contributed by atoms with van der Waals surface area (Å²) in [6, 6.07) is 19.4. The fraction of sp³-hybridized carbons (Fsp3) is 0.143. The van der Waals surface area contributed by atoms with Crippen molar-refractivity contribution in [3.63, 3.8) is 0 Å². The first-order valence-electron chi connectivity index (χ1n) is 11.9. The number of amides is 1. The number of carbonyl (C=O) groups is 1. The number of hydrogen-bond acceptors (Lipinski definition) is 5. The third-order valence-corrected chi connectivity index (χ3v) is 8.18. The molecule has 0 fully saturated rings. The van der Waals surface area contributed by atoms with Crippen molar-refractivity contribution in [2.45, 2.75) is 18.7 Å². The minimum absolute atomic E-state index is 0.165. The van der Waals surface area contributed by atoms with Gasteiger partial charge in [-0.05, 0) is 60.0 Å². The van der Waals surface area contributed by atoms with E-state index < -0.39 is 27.5 Å². The molecule has 1 amide bonds. The van der Waals surface area contributed by atoms with Gasteiger partial charge < -0.3 is 10.1 Å². The molecule has 5 rings (SSSR count). The first-order chi connectivity index (χ1) is 18.6. The fourth-order valence-electron chi connectivity index (χ4n) is 4.37. The number of rotatable bonds is 5. The quantitative estimate of drug-likeness (QED) is 0.283. The lowest BCUT2D eigenvalue weighted by Gasteiger charge is -2.19. The number of halogens is 3. The lowest BCUT2D eigenvalue weighted by Crippen LogP contribution is -2.30. The summed E-state index contributed by atoms with van der Waals surface area (Å²) in [6.45, 7) is 1.80. The van der Waals surface area contributed by atoms with Gasteiger partial charge >= 0.3 is 6.09 Å². The van der Waals surface area contributed by atoms with Crippen LogP contribution in [0, 0.1) is 5.82 Å². The number of nitrogens with one attached hydrogen (secondary N) is 1. The third kappa shape index (κ3) is 6.00. The van der Waals surface area contributed by atoms with Crippen molar-refractivity contribution in [1.82, 2.24) is 15.1 Å². The molecule has 4 aromatic rings. The van der Waals surface area contributed by atoms with Crippen molar-refractivity contribution in [3.05, 3.63) is 111 Å². The summed E-state index contributed by atoms with van der Waals surface area (Å²) in [4.78, 5) is 12.9. The highest BCUT2D eigenvalue weighted by Crippen LogP contribution is 2.39. The first kappa shape index (κ1) is 26.9. The molecule has 0 bridgehead atoms. The minimum atomic E-state index is -3.65. The van der Waals surface area contributed by atoms with Crippen LogP contribution in [0.15, 0.2) is 72.8 Å². The molecular formula is C28H22Cl2FN3O4S. The predicted molar refractivity (Wildman–Crippen MR) is 149 cm³/mol. The Morgan fingerprint density at radius 3 is 2.49 bits per heavy atom. The van der Waals surface area contributed by atoms with E-state index in [1.54, 1.807) is 25.1 Å². The Morgan fingerprint density at radius 2 is 1.79 bits per heavy atom. The minimum Gasteiger partial charge on any atom is -0.389 e. The summed E-state index contributed by atoms with van der Waals surface area (Å²) in [6.07, 6.45) is 0.839. The number of hydrogen-bond donors (Lipinski definition) is 1. The van der Waals surface area contributed by atoms with Gasteiger partial charge in [0.15, 0.2) is 9.84 Å². The zero-order chi connectivity index (χ0) is 27.7. The SMILES string of the molecule is C[C@@H](NC(=O)Oc1nn(-c2ccc(Cl)cc2Cl)c2c1CS(=O)(=O)C/C2=C\c1ccc(F)cc1)c1ccccc1. The molecule has 39 heavy (non-hydrogen) atoms. The average molecular weight is 586 g/mol. The van der Waals surface area contributed by atoms with Crippen LogP contribution in [0.25, 0.3) is 17.3 Å². The first-order valence-corrected chi connectivity index (χ1v) is 14.4. The Hall–Kier alpha value is -3.66. The van der Waals surface area contributed by atoms with Crippen molar-refractivity contribution in [2.24, 2.45) is 0 Å². The van der Waals surface area contributed by atoms with Gasteiger partial charge in [-0.15, -0.1) is 5.10 Å². The second-order valence-corrected chi connectivity index (χ2v) is 12.0. The van der Waals surface area contributed by atoms with Gasteiger partial charge in [-0.1, -0.05) is 65.7 Å². The van der Waals surface area contributed by atoms with Crippen LogP contribution in [-0.4, -0.2) is 30.0 Å². The highest BCUT2D eigenvalue weighted by Gasteiger charge is 2.35.